The molecule has 4 aromatic carbocycles. The predicted molar refractivity (Wildman–Crippen MR) is 211 cm³/mol. The molecule has 6 heteroatoms. The number of rotatable bonds is 2. The highest BCUT2D eigenvalue weighted by Crippen LogP contribution is 2.32. The van der Waals surface area contributed by atoms with Gasteiger partial charge in [-0.2, -0.15) is 0 Å². The van der Waals surface area contributed by atoms with Gasteiger partial charge in [0.2, 0.25) is 0 Å². The fraction of sp³-hybridized carbons (Fsp3) is 0.289. The quantitative estimate of drug-likeness (QED) is 0.173. The van der Waals surface area contributed by atoms with E-state index in [1.54, 1.807) is 14.2 Å². The molecule has 0 amide bonds. The third-order valence-corrected chi connectivity index (χ3v) is 9.78. The van der Waals surface area contributed by atoms with Crippen molar-refractivity contribution >= 4 is 21.8 Å². The van der Waals surface area contributed by atoms with Crippen molar-refractivity contribution in [3.8, 4) is 35.4 Å². The van der Waals surface area contributed by atoms with Crippen molar-refractivity contribution < 1.29 is 9.47 Å². The van der Waals surface area contributed by atoms with E-state index in [4.69, 9.17) is 9.47 Å². The molecule has 6 nitrogen and oxygen atoms in total. The minimum atomic E-state index is 0. The zero-order valence-electron chi connectivity index (χ0n) is 29.9. The van der Waals surface area contributed by atoms with Crippen LogP contribution >= 0.6 is 0 Å². The largest absolute Gasteiger partial charge is 0.497 e. The van der Waals surface area contributed by atoms with Crippen molar-refractivity contribution in [2.45, 2.75) is 47.2 Å². The average molecular weight is 677 g/mol. The highest BCUT2D eigenvalue weighted by atomic mass is 16.5. The van der Waals surface area contributed by atoms with Crippen molar-refractivity contribution in [1.29, 1.82) is 0 Å². The lowest BCUT2D eigenvalue weighted by Gasteiger charge is -2.23. The minimum absolute atomic E-state index is 0. The molecule has 0 saturated heterocycles. The maximum atomic E-state index is 5.43. The second-order valence-corrected chi connectivity index (χ2v) is 13.4. The maximum Gasteiger partial charge on any atom is 0.134 e. The summed E-state index contributed by atoms with van der Waals surface area (Å²) in [6.07, 6.45) is 2.06. The van der Waals surface area contributed by atoms with Gasteiger partial charge in [-0.15, -0.1) is 0 Å². The Hall–Kier alpha value is -5.40. The van der Waals surface area contributed by atoms with Crippen molar-refractivity contribution in [2.75, 3.05) is 41.4 Å². The van der Waals surface area contributed by atoms with E-state index in [9.17, 15) is 0 Å². The average Bonchev–Trinajstić information content (AvgIpc) is 3.60. The van der Waals surface area contributed by atoms with Gasteiger partial charge < -0.3 is 19.3 Å². The van der Waals surface area contributed by atoms with Gasteiger partial charge in [0.25, 0.3) is 0 Å². The minimum Gasteiger partial charge on any atom is -0.497 e. The van der Waals surface area contributed by atoms with Gasteiger partial charge in [-0.05, 0) is 106 Å². The molecule has 0 spiro atoms. The van der Waals surface area contributed by atoms with E-state index in [-0.39, 0.29) is 7.43 Å². The van der Waals surface area contributed by atoms with E-state index in [1.165, 1.54) is 55.4 Å². The van der Waals surface area contributed by atoms with Crippen LogP contribution in [0.15, 0.2) is 84.9 Å². The third kappa shape index (κ3) is 7.26. The molecule has 0 atom stereocenters. The fourth-order valence-electron chi connectivity index (χ4n) is 7.16. The molecule has 0 saturated carbocycles. The lowest BCUT2D eigenvalue weighted by atomic mass is 10.0. The van der Waals surface area contributed by atoms with Crippen LogP contribution in [0.25, 0.3) is 21.8 Å². The summed E-state index contributed by atoms with van der Waals surface area (Å²) in [6.45, 7) is 8.41. The van der Waals surface area contributed by atoms with E-state index in [0.717, 1.165) is 61.6 Å². The Bertz CT molecular complexity index is 2340. The molecule has 0 fully saturated rings. The summed E-state index contributed by atoms with van der Waals surface area (Å²) in [6, 6.07) is 35.9. The Labute approximate surface area is 303 Å². The molecule has 2 aliphatic heterocycles. The number of methoxy groups -OCH3 is 2. The normalized spacial score (nSPS) is 13.8. The second-order valence-electron chi connectivity index (χ2n) is 13.4. The summed E-state index contributed by atoms with van der Waals surface area (Å²) in [5, 5.41) is 2.66. The van der Waals surface area contributed by atoms with Crippen LogP contribution in [0.4, 0.5) is 0 Å². The molecule has 0 unspecified atom stereocenters. The summed E-state index contributed by atoms with van der Waals surface area (Å²) in [5.74, 6) is 8.27. The highest BCUT2D eigenvalue weighted by molar-refractivity contribution is 5.88. The Morgan fingerprint density at radius 2 is 1.18 bits per heavy atom. The highest BCUT2D eigenvalue weighted by Gasteiger charge is 2.23. The summed E-state index contributed by atoms with van der Waals surface area (Å²) < 4.78 is 15.1. The Balaban J connectivity index is 0.000000172. The number of nitrogens with zero attached hydrogens (tertiary/aromatic N) is 4. The molecule has 260 valence electrons. The maximum absolute atomic E-state index is 5.43. The molecular formula is C45H48N4O2. The number of fused-ring (bicyclic) bond motifs is 6. The number of aryl methyl sites for hydroxylation is 2. The lowest BCUT2D eigenvalue weighted by Crippen LogP contribution is -2.27. The number of hydrogen-bond acceptors (Lipinski definition) is 4. The predicted octanol–water partition coefficient (Wildman–Crippen LogP) is 8.24. The van der Waals surface area contributed by atoms with Gasteiger partial charge in [-0.1, -0.05) is 48.9 Å². The van der Waals surface area contributed by atoms with Crippen LogP contribution in [0.1, 0.15) is 52.2 Å². The van der Waals surface area contributed by atoms with E-state index in [2.05, 4.69) is 107 Å². The molecule has 6 aromatic rings. The van der Waals surface area contributed by atoms with Gasteiger partial charge in [0.1, 0.15) is 11.5 Å². The van der Waals surface area contributed by atoms with E-state index >= 15 is 0 Å². The monoisotopic (exact) mass is 676 g/mol. The molecule has 2 aromatic heterocycles. The first kappa shape index (κ1) is 35.4. The lowest BCUT2D eigenvalue weighted by molar-refractivity contribution is 0.311. The van der Waals surface area contributed by atoms with E-state index in [0.29, 0.717) is 0 Å². The van der Waals surface area contributed by atoms with Crippen LogP contribution in [0.3, 0.4) is 0 Å². The van der Waals surface area contributed by atoms with Crippen LogP contribution in [0, 0.1) is 37.8 Å². The van der Waals surface area contributed by atoms with Crippen LogP contribution in [0.5, 0.6) is 11.5 Å². The van der Waals surface area contributed by atoms with E-state index < -0.39 is 0 Å². The number of aromatic nitrogens is 2. The topological polar surface area (TPSA) is 34.8 Å². The van der Waals surface area contributed by atoms with Crippen molar-refractivity contribution in [2.24, 2.45) is 0 Å². The van der Waals surface area contributed by atoms with Gasteiger partial charge in [0.05, 0.1) is 30.8 Å². The van der Waals surface area contributed by atoms with Gasteiger partial charge >= 0.3 is 0 Å². The molecule has 8 rings (SSSR count). The zero-order chi connectivity index (χ0) is 34.8. The Kier molecular flexibility index (Phi) is 10.6. The smallest absolute Gasteiger partial charge is 0.134 e. The number of para-hydroxylation sites is 1. The first-order valence-corrected chi connectivity index (χ1v) is 17.3. The molecule has 0 radical (unpaired) electrons. The fourth-order valence-corrected chi connectivity index (χ4v) is 7.16. The molecule has 4 heterocycles. The summed E-state index contributed by atoms with van der Waals surface area (Å²) in [5.41, 5.74) is 12.4. The van der Waals surface area contributed by atoms with Crippen LogP contribution in [0.2, 0.25) is 0 Å². The second kappa shape index (κ2) is 15.2. The van der Waals surface area contributed by atoms with Gasteiger partial charge in [-0.25, -0.2) is 0 Å². The number of likely N-dealkylation sites (N-methyl/N-ethyl adjacent to an activating group) is 2. The molecule has 2 aliphatic rings. The van der Waals surface area contributed by atoms with Crippen molar-refractivity contribution in [3.63, 3.8) is 0 Å². The molecular weight excluding hydrogens is 629 g/mol. The number of benzene rings is 4. The number of hydrogen-bond donors (Lipinski definition) is 0. The molecule has 0 N–H and O–H groups in total. The Morgan fingerprint density at radius 1 is 0.608 bits per heavy atom. The first-order chi connectivity index (χ1) is 24.3. The first-order valence-electron chi connectivity index (χ1n) is 17.3. The van der Waals surface area contributed by atoms with Crippen molar-refractivity contribution in [3.05, 3.63) is 130 Å². The molecule has 0 aliphatic carbocycles. The summed E-state index contributed by atoms with van der Waals surface area (Å²) in [7, 11) is 7.74. The summed E-state index contributed by atoms with van der Waals surface area (Å²) >= 11 is 0. The van der Waals surface area contributed by atoms with Crippen LogP contribution in [-0.4, -0.2) is 60.3 Å². The molecule has 51 heavy (non-hydrogen) atoms. The van der Waals surface area contributed by atoms with Gasteiger partial charge in [-0.3, -0.25) is 9.13 Å². The van der Waals surface area contributed by atoms with Gasteiger partial charge in [0.15, 0.2) is 0 Å². The summed E-state index contributed by atoms with van der Waals surface area (Å²) in [4.78, 5) is 4.76. The molecule has 0 bridgehead atoms. The number of ether oxygens (including phenoxy) is 2. The third-order valence-electron chi connectivity index (χ3n) is 9.78. The van der Waals surface area contributed by atoms with Crippen molar-refractivity contribution in [1.82, 2.24) is 18.9 Å². The van der Waals surface area contributed by atoms with Gasteiger partial charge in [0, 0.05) is 78.8 Å². The standard InChI is InChI=1S/2C22H22N2O.CH4/c1-16-7-8-21-19(13-16)20-15-23(2)11-10-22(20)24(21)12-9-17-5-4-6-18(14-17)25-3;1-16-8-9-20-18(14-16)19-15-23(2)12-11-21(19)24(20)13-10-17-6-4-5-7-22(17)25-3;/h4-8,13-14H,10-11,15H2,1-3H3;4-9,14H,11-12,15H2,1-3H3;1H4. The van der Waals surface area contributed by atoms with E-state index in [1.807, 2.05) is 48.5 Å². The van der Waals surface area contributed by atoms with Crippen LogP contribution in [-0.2, 0) is 25.9 Å². The Morgan fingerprint density at radius 3 is 1.75 bits per heavy atom. The van der Waals surface area contributed by atoms with Crippen LogP contribution < -0.4 is 9.47 Å². The SMILES string of the molecule is C.COc1cccc(C#Cn2c3c(c4cc(C)ccc42)CN(C)CC3)c1.COc1ccccc1C#Cn1c2c(c3cc(C)ccc31)CN(C)CC2. The zero-order valence-corrected chi connectivity index (χ0v) is 29.9.